The second-order valence-electron chi connectivity index (χ2n) is 8.39. The standard InChI is InChI=1S/C27H27N3O2S/c1-19-8-7-12-24(20(19)2)29-14-16-30(17-15-29)26(31)22-10-4-3-9-21(22)18-33-27-28-23-11-5-6-13-25(23)32-27/h3-13H,14-18H2,1-2H3. The van der Waals surface area contributed by atoms with Gasteiger partial charge in [-0.15, -0.1) is 0 Å². The average Bonchev–Trinajstić information content (AvgIpc) is 3.27. The van der Waals surface area contributed by atoms with Crippen molar-refractivity contribution in [2.24, 2.45) is 0 Å². The second-order valence-corrected chi connectivity index (χ2v) is 9.32. The molecular weight excluding hydrogens is 430 g/mol. The highest BCUT2D eigenvalue weighted by Gasteiger charge is 2.24. The fourth-order valence-electron chi connectivity index (χ4n) is 4.31. The van der Waals surface area contributed by atoms with E-state index in [1.165, 1.54) is 28.6 Å². The Balaban J connectivity index is 1.26. The molecule has 5 nitrogen and oxygen atoms in total. The maximum Gasteiger partial charge on any atom is 0.257 e. The molecule has 1 saturated heterocycles. The predicted octanol–water partition coefficient (Wildman–Crippen LogP) is 5.70. The fourth-order valence-corrected chi connectivity index (χ4v) is 5.15. The van der Waals surface area contributed by atoms with Crippen LogP contribution in [0.15, 0.2) is 76.4 Å². The number of aromatic nitrogens is 1. The summed E-state index contributed by atoms with van der Waals surface area (Å²) in [5.74, 6) is 0.737. The molecule has 1 amide bonds. The Morgan fingerprint density at radius 1 is 0.939 bits per heavy atom. The SMILES string of the molecule is Cc1cccc(N2CCN(C(=O)c3ccccc3CSc3nc4ccccc4o3)CC2)c1C. The number of benzene rings is 3. The summed E-state index contributed by atoms with van der Waals surface area (Å²) in [7, 11) is 0. The van der Waals surface area contributed by atoms with E-state index in [9.17, 15) is 4.79 Å². The van der Waals surface area contributed by atoms with Crippen LogP contribution in [0.3, 0.4) is 0 Å². The minimum atomic E-state index is 0.101. The van der Waals surface area contributed by atoms with Crippen molar-refractivity contribution in [1.82, 2.24) is 9.88 Å². The van der Waals surface area contributed by atoms with Crippen LogP contribution in [0.2, 0.25) is 0 Å². The van der Waals surface area contributed by atoms with Crippen LogP contribution in [0.25, 0.3) is 11.1 Å². The summed E-state index contributed by atoms with van der Waals surface area (Å²) in [4.78, 5) is 22.3. The van der Waals surface area contributed by atoms with Crippen molar-refractivity contribution in [2.75, 3.05) is 31.1 Å². The number of carbonyl (C=O) groups excluding carboxylic acids is 1. The molecule has 0 unspecified atom stereocenters. The van der Waals surface area contributed by atoms with Crippen LogP contribution in [0.1, 0.15) is 27.0 Å². The van der Waals surface area contributed by atoms with Gasteiger partial charge in [-0.1, -0.05) is 54.2 Å². The number of anilines is 1. The number of hydrogen-bond donors (Lipinski definition) is 0. The Labute approximate surface area is 198 Å². The number of hydrogen-bond acceptors (Lipinski definition) is 5. The van der Waals surface area contributed by atoms with Gasteiger partial charge in [0.1, 0.15) is 5.52 Å². The summed E-state index contributed by atoms with van der Waals surface area (Å²) < 4.78 is 5.83. The van der Waals surface area contributed by atoms with Crippen LogP contribution < -0.4 is 4.90 Å². The fraction of sp³-hybridized carbons (Fsp3) is 0.259. The van der Waals surface area contributed by atoms with Gasteiger partial charge in [0.2, 0.25) is 0 Å². The van der Waals surface area contributed by atoms with Gasteiger partial charge in [-0.05, 0) is 54.8 Å². The lowest BCUT2D eigenvalue weighted by molar-refractivity contribution is 0.0746. The molecule has 1 aliphatic rings. The molecule has 0 radical (unpaired) electrons. The Hall–Kier alpha value is -3.25. The molecule has 5 rings (SSSR count). The third-order valence-electron chi connectivity index (χ3n) is 6.36. The van der Waals surface area contributed by atoms with Crippen molar-refractivity contribution in [2.45, 2.75) is 24.8 Å². The molecule has 1 fully saturated rings. The molecule has 4 aromatic rings. The van der Waals surface area contributed by atoms with E-state index in [0.29, 0.717) is 11.0 Å². The van der Waals surface area contributed by atoms with Gasteiger partial charge < -0.3 is 14.2 Å². The van der Waals surface area contributed by atoms with Gasteiger partial charge in [-0.3, -0.25) is 4.79 Å². The first-order valence-corrected chi connectivity index (χ1v) is 12.3. The summed E-state index contributed by atoms with van der Waals surface area (Å²) >= 11 is 1.52. The molecule has 0 atom stereocenters. The number of rotatable bonds is 5. The Kier molecular flexibility index (Phi) is 6.09. The molecule has 1 aromatic heterocycles. The highest BCUT2D eigenvalue weighted by atomic mass is 32.2. The lowest BCUT2D eigenvalue weighted by atomic mass is 10.1. The van der Waals surface area contributed by atoms with Crippen molar-refractivity contribution in [3.8, 4) is 0 Å². The van der Waals surface area contributed by atoms with Gasteiger partial charge in [0.25, 0.3) is 11.1 Å². The van der Waals surface area contributed by atoms with Gasteiger partial charge in [-0.2, -0.15) is 0 Å². The number of amides is 1. The van der Waals surface area contributed by atoms with E-state index < -0.39 is 0 Å². The van der Waals surface area contributed by atoms with E-state index in [2.05, 4.69) is 41.9 Å². The summed E-state index contributed by atoms with van der Waals surface area (Å²) in [6.45, 7) is 7.45. The number of para-hydroxylation sites is 2. The van der Waals surface area contributed by atoms with Crippen molar-refractivity contribution in [3.05, 3.63) is 89.0 Å². The van der Waals surface area contributed by atoms with Crippen molar-refractivity contribution < 1.29 is 9.21 Å². The van der Waals surface area contributed by atoms with Crippen molar-refractivity contribution >= 4 is 34.5 Å². The molecule has 0 saturated carbocycles. The smallest absolute Gasteiger partial charge is 0.257 e. The van der Waals surface area contributed by atoms with E-state index in [1.54, 1.807) is 0 Å². The highest BCUT2D eigenvalue weighted by molar-refractivity contribution is 7.98. The third kappa shape index (κ3) is 4.48. The topological polar surface area (TPSA) is 49.6 Å². The zero-order chi connectivity index (χ0) is 22.8. The minimum absolute atomic E-state index is 0.101. The van der Waals surface area contributed by atoms with Crippen molar-refractivity contribution in [1.29, 1.82) is 0 Å². The van der Waals surface area contributed by atoms with Gasteiger partial charge in [0, 0.05) is 43.2 Å². The van der Waals surface area contributed by atoms with E-state index in [1.807, 2.05) is 53.4 Å². The number of nitrogens with zero attached hydrogens (tertiary/aromatic N) is 3. The lowest BCUT2D eigenvalue weighted by Crippen LogP contribution is -2.49. The highest BCUT2D eigenvalue weighted by Crippen LogP contribution is 2.28. The third-order valence-corrected chi connectivity index (χ3v) is 7.23. The van der Waals surface area contributed by atoms with Crippen LogP contribution in [0.5, 0.6) is 0 Å². The monoisotopic (exact) mass is 457 g/mol. The first kappa shape index (κ1) is 21.6. The molecule has 2 heterocycles. The van der Waals surface area contributed by atoms with Crippen LogP contribution in [-0.4, -0.2) is 42.0 Å². The number of carbonyl (C=O) groups is 1. The second kappa shape index (κ2) is 9.32. The molecule has 0 N–H and O–H groups in total. The Morgan fingerprint density at radius 2 is 1.70 bits per heavy atom. The maximum atomic E-state index is 13.4. The quantitative estimate of drug-likeness (QED) is 0.360. The molecule has 1 aliphatic heterocycles. The van der Waals surface area contributed by atoms with E-state index >= 15 is 0 Å². The van der Waals surface area contributed by atoms with E-state index in [0.717, 1.165) is 48.4 Å². The normalized spacial score (nSPS) is 14.1. The Bertz CT molecular complexity index is 1260. The van der Waals surface area contributed by atoms with Gasteiger partial charge in [0.15, 0.2) is 5.58 Å². The zero-order valence-corrected chi connectivity index (χ0v) is 19.8. The van der Waals surface area contributed by atoms with Crippen molar-refractivity contribution in [3.63, 3.8) is 0 Å². The Morgan fingerprint density at radius 3 is 2.52 bits per heavy atom. The number of fused-ring (bicyclic) bond motifs is 1. The number of oxazole rings is 1. The summed E-state index contributed by atoms with van der Waals surface area (Å²) in [6, 6.07) is 22.1. The molecule has 0 spiro atoms. The summed E-state index contributed by atoms with van der Waals surface area (Å²) in [5.41, 5.74) is 7.30. The molecular formula is C27H27N3O2S. The number of aryl methyl sites for hydroxylation is 1. The lowest BCUT2D eigenvalue weighted by Gasteiger charge is -2.37. The molecule has 0 bridgehead atoms. The van der Waals surface area contributed by atoms with E-state index in [-0.39, 0.29) is 5.91 Å². The largest absolute Gasteiger partial charge is 0.431 e. The summed E-state index contributed by atoms with van der Waals surface area (Å²) in [6.07, 6.45) is 0. The first-order chi connectivity index (χ1) is 16.1. The zero-order valence-electron chi connectivity index (χ0n) is 19.0. The maximum absolute atomic E-state index is 13.4. The van der Waals surface area contributed by atoms with Crippen LogP contribution in [0, 0.1) is 13.8 Å². The van der Waals surface area contributed by atoms with Crippen LogP contribution in [0.4, 0.5) is 5.69 Å². The van der Waals surface area contributed by atoms with Gasteiger partial charge >= 0.3 is 0 Å². The molecule has 6 heteroatoms. The molecule has 3 aromatic carbocycles. The van der Waals surface area contributed by atoms with E-state index in [4.69, 9.17) is 4.42 Å². The number of thioether (sulfide) groups is 1. The summed E-state index contributed by atoms with van der Waals surface area (Å²) in [5, 5.41) is 0.626. The van der Waals surface area contributed by atoms with Gasteiger partial charge in [0.05, 0.1) is 0 Å². The molecule has 0 aliphatic carbocycles. The van der Waals surface area contributed by atoms with Crippen LogP contribution >= 0.6 is 11.8 Å². The first-order valence-electron chi connectivity index (χ1n) is 11.3. The minimum Gasteiger partial charge on any atom is -0.431 e. The van der Waals surface area contributed by atoms with Gasteiger partial charge in [-0.25, -0.2) is 4.98 Å². The van der Waals surface area contributed by atoms with Crippen LogP contribution in [-0.2, 0) is 5.75 Å². The average molecular weight is 458 g/mol. The number of piperazine rings is 1. The predicted molar refractivity (Wildman–Crippen MR) is 134 cm³/mol. The molecule has 33 heavy (non-hydrogen) atoms. The molecule has 168 valence electrons.